The zero-order valence-corrected chi connectivity index (χ0v) is 10.5. The van der Waals surface area contributed by atoms with Crippen LogP contribution in [0.1, 0.15) is 25.3 Å². The Morgan fingerprint density at radius 1 is 1.28 bits per heavy atom. The van der Waals surface area contributed by atoms with Gasteiger partial charge in [0.25, 0.3) is 5.91 Å². The lowest BCUT2D eigenvalue weighted by atomic mass is 10.1. The van der Waals surface area contributed by atoms with Crippen LogP contribution in [-0.4, -0.2) is 17.9 Å². The molecular weight excluding hydrogens is 230 g/mol. The van der Waals surface area contributed by atoms with Crippen molar-refractivity contribution >= 4 is 11.8 Å². The summed E-state index contributed by atoms with van der Waals surface area (Å²) in [6, 6.07) is 9.37. The van der Waals surface area contributed by atoms with E-state index < -0.39 is 11.9 Å². The maximum absolute atomic E-state index is 11.5. The van der Waals surface area contributed by atoms with Gasteiger partial charge in [-0.2, -0.15) is 0 Å². The van der Waals surface area contributed by atoms with Crippen LogP contribution >= 0.6 is 0 Å². The van der Waals surface area contributed by atoms with E-state index in [0.717, 1.165) is 12.8 Å². The van der Waals surface area contributed by atoms with Gasteiger partial charge in [-0.15, -0.1) is 0 Å². The van der Waals surface area contributed by atoms with E-state index in [-0.39, 0.29) is 5.91 Å². The third kappa shape index (κ3) is 4.97. The molecule has 0 saturated heterocycles. The minimum absolute atomic E-state index is 0.137. The summed E-state index contributed by atoms with van der Waals surface area (Å²) in [5.74, 6) is 4.44. The Hall–Kier alpha value is -1.88. The molecule has 1 atom stereocenters. The van der Waals surface area contributed by atoms with Crippen molar-refractivity contribution in [2.75, 3.05) is 0 Å². The Kier molecular flexibility index (Phi) is 5.87. The molecule has 18 heavy (non-hydrogen) atoms. The SMILES string of the molecule is C[C@H](NC(=O)CCCc1ccccc1)C(=O)NN. The minimum atomic E-state index is -0.598. The number of nitrogens with one attached hydrogen (secondary N) is 2. The van der Waals surface area contributed by atoms with E-state index in [0.29, 0.717) is 6.42 Å². The van der Waals surface area contributed by atoms with Crippen molar-refractivity contribution in [2.45, 2.75) is 32.2 Å². The number of benzene rings is 1. The van der Waals surface area contributed by atoms with Crippen molar-refractivity contribution in [1.29, 1.82) is 0 Å². The van der Waals surface area contributed by atoms with Gasteiger partial charge >= 0.3 is 0 Å². The van der Waals surface area contributed by atoms with E-state index in [9.17, 15) is 9.59 Å². The molecule has 0 aliphatic heterocycles. The Labute approximate surface area is 107 Å². The molecule has 2 amide bonds. The first-order valence-electron chi connectivity index (χ1n) is 5.97. The quantitative estimate of drug-likeness (QED) is 0.390. The summed E-state index contributed by atoms with van der Waals surface area (Å²) in [6.07, 6.45) is 2.01. The number of hydrogen-bond acceptors (Lipinski definition) is 3. The Bertz CT molecular complexity index is 392. The van der Waals surface area contributed by atoms with E-state index in [4.69, 9.17) is 5.84 Å². The highest BCUT2D eigenvalue weighted by atomic mass is 16.2. The summed E-state index contributed by atoms with van der Waals surface area (Å²) in [5, 5.41) is 2.59. The standard InChI is InChI=1S/C13H19N3O2/c1-10(13(18)16-14)15-12(17)9-5-8-11-6-3-2-4-7-11/h2-4,6-7,10H,5,8-9,14H2,1H3,(H,15,17)(H,16,18)/t10-/m0/s1. The predicted molar refractivity (Wildman–Crippen MR) is 69.3 cm³/mol. The summed E-state index contributed by atoms with van der Waals surface area (Å²) in [6.45, 7) is 1.59. The van der Waals surface area contributed by atoms with Crippen molar-refractivity contribution in [1.82, 2.24) is 10.7 Å². The van der Waals surface area contributed by atoms with Crippen LogP contribution in [0, 0.1) is 0 Å². The number of rotatable bonds is 6. The number of amides is 2. The molecule has 4 N–H and O–H groups in total. The van der Waals surface area contributed by atoms with Gasteiger partial charge in [-0.05, 0) is 25.3 Å². The molecule has 0 unspecified atom stereocenters. The van der Waals surface area contributed by atoms with Gasteiger partial charge in [-0.25, -0.2) is 5.84 Å². The topological polar surface area (TPSA) is 84.2 Å². The number of carbonyl (C=O) groups excluding carboxylic acids is 2. The molecule has 0 spiro atoms. The first-order valence-corrected chi connectivity index (χ1v) is 5.97. The molecule has 1 aromatic carbocycles. The second kappa shape index (κ2) is 7.45. The Morgan fingerprint density at radius 2 is 1.94 bits per heavy atom. The highest BCUT2D eigenvalue weighted by Crippen LogP contribution is 2.04. The van der Waals surface area contributed by atoms with Crippen molar-refractivity contribution in [3.05, 3.63) is 35.9 Å². The Morgan fingerprint density at radius 3 is 2.56 bits per heavy atom. The summed E-state index contributed by atoms with van der Waals surface area (Å²) < 4.78 is 0. The second-order valence-corrected chi connectivity index (χ2v) is 4.14. The monoisotopic (exact) mass is 249 g/mol. The van der Waals surface area contributed by atoms with E-state index in [1.807, 2.05) is 35.8 Å². The molecule has 0 bridgehead atoms. The number of carbonyl (C=O) groups is 2. The zero-order valence-electron chi connectivity index (χ0n) is 10.5. The normalized spacial score (nSPS) is 11.7. The van der Waals surface area contributed by atoms with Gasteiger partial charge in [0, 0.05) is 6.42 Å². The van der Waals surface area contributed by atoms with Crippen LogP contribution in [0.5, 0.6) is 0 Å². The van der Waals surface area contributed by atoms with E-state index in [1.54, 1.807) is 6.92 Å². The largest absolute Gasteiger partial charge is 0.345 e. The van der Waals surface area contributed by atoms with Crippen LogP contribution in [-0.2, 0) is 16.0 Å². The molecule has 0 radical (unpaired) electrons. The third-order valence-corrected chi connectivity index (χ3v) is 2.63. The molecular formula is C13H19N3O2. The van der Waals surface area contributed by atoms with Gasteiger partial charge in [0.15, 0.2) is 0 Å². The highest BCUT2D eigenvalue weighted by molar-refractivity contribution is 5.86. The van der Waals surface area contributed by atoms with Crippen LogP contribution < -0.4 is 16.6 Å². The van der Waals surface area contributed by atoms with Gasteiger partial charge in [0.1, 0.15) is 6.04 Å². The van der Waals surface area contributed by atoms with Crippen LogP contribution in [0.3, 0.4) is 0 Å². The van der Waals surface area contributed by atoms with Crippen molar-refractivity contribution < 1.29 is 9.59 Å². The van der Waals surface area contributed by atoms with Crippen LogP contribution in [0.2, 0.25) is 0 Å². The molecule has 0 aromatic heterocycles. The molecule has 0 fully saturated rings. The predicted octanol–water partition coefficient (Wildman–Crippen LogP) is 0.504. The minimum Gasteiger partial charge on any atom is -0.345 e. The average Bonchev–Trinajstić information content (AvgIpc) is 2.38. The zero-order chi connectivity index (χ0) is 13.4. The van der Waals surface area contributed by atoms with Gasteiger partial charge in [-0.1, -0.05) is 30.3 Å². The molecule has 1 rings (SSSR count). The summed E-state index contributed by atoms with van der Waals surface area (Å²) in [4.78, 5) is 22.6. The molecule has 5 heteroatoms. The molecule has 0 heterocycles. The van der Waals surface area contributed by atoms with Crippen molar-refractivity contribution in [2.24, 2.45) is 5.84 Å². The third-order valence-electron chi connectivity index (χ3n) is 2.63. The van der Waals surface area contributed by atoms with E-state index in [1.165, 1.54) is 5.56 Å². The molecule has 0 aliphatic carbocycles. The van der Waals surface area contributed by atoms with Gasteiger partial charge in [0.2, 0.25) is 5.91 Å². The lowest BCUT2D eigenvalue weighted by Crippen LogP contribution is -2.47. The van der Waals surface area contributed by atoms with E-state index in [2.05, 4.69) is 5.32 Å². The van der Waals surface area contributed by atoms with Gasteiger partial charge in [-0.3, -0.25) is 15.0 Å². The first kappa shape index (κ1) is 14.2. The van der Waals surface area contributed by atoms with Gasteiger partial charge < -0.3 is 5.32 Å². The number of nitrogens with two attached hydrogens (primary N) is 1. The summed E-state index contributed by atoms with van der Waals surface area (Å²) in [7, 11) is 0. The number of hydrogen-bond donors (Lipinski definition) is 3. The van der Waals surface area contributed by atoms with Crippen LogP contribution in [0.4, 0.5) is 0 Å². The van der Waals surface area contributed by atoms with Crippen molar-refractivity contribution in [3.8, 4) is 0 Å². The maximum atomic E-state index is 11.5. The smallest absolute Gasteiger partial charge is 0.256 e. The summed E-state index contributed by atoms with van der Waals surface area (Å²) >= 11 is 0. The maximum Gasteiger partial charge on any atom is 0.256 e. The molecule has 98 valence electrons. The summed E-state index contributed by atoms with van der Waals surface area (Å²) in [5.41, 5.74) is 3.20. The molecule has 5 nitrogen and oxygen atoms in total. The molecule has 1 aromatic rings. The highest BCUT2D eigenvalue weighted by Gasteiger charge is 2.13. The van der Waals surface area contributed by atoms with Crippen LogP contribution in [0.15, 0.2) is 30.3 Å². The lowest BCUT2D eigenvalue weighted by Gasteiger charge is -2.11. The van der Waals surface area contributed by atoms with Gasteiger partial charge in [0.05, 0.1) is 0 Å². The first-order chi connectivity index (χ1) is 8.63. The Balaban J connectivity index is 2.23. The average molecular weight is 249 g/mol. The van der Waals surface area contributed by atoms with Crippen molar-refractivity contribution in [3.63, 3.8) is 0 Å². The molecule has 0 saturated carbocycles. The van der Waals surface area contributed by atoms with E-state index >= 15 is 0 Å². The fourth-order valence-corrected chi connectivity index (χ4v) is 1.60. The van der Waals surface area contributed by atoms with Crippen LogP contribution in [0.25, 0.3) is 0 Å². The lowest BCUT2D eigenvalue weighted by molar-refractivity contribution is -0.128. The number of aryl methyl sites for hydroxylation is 1. The number of hydrazine groups is 1. The molecule has 0 aliphatic rings. The fraction of sp³-hybridized carbons (Fsp3) is 0.385. The second-order valence-electron chi connectivity index (χ2n) is 4.14. The fourth-order valence-electron chi connectivity index (χ4n) is 1.60.